The van der Waals surface area contributed by atoms with Crippen molar-refractivity contribution in [2.45, 2.75) is 56.7 Å². The van der Waals surface area contributed by atoms with Crippen LogP contribution in [0.4, 0.5) is 10.5 Å². The van der Waals surface area contributed by atoms with Crippen LogP contribution in [0.5, 0.6) is 0 Å². The molecule has 1 spiro atoms. The van der Waals surface area contributed by atoms with Crippen LogP contribution in [0, 0.1) is 0 Å². The summed E-state index contributed by atoms with van der Waals surface area (Å²) in [6.45, 7) is 1.97. The molecule has 4 rings (SSSR count). The zero-order valence-corrected chi connectivity index (χ0v) is 17.8. The van der Waals surface area contributed by atoms with Crippen LogP contribution >= 0.6 is 11.6 Å². The van der Waals surface area contributed by atoms with Crippen LogP contribution < -0.4 is 10.2 Å². The Morgan fingerprint density at radius 3 is 2.57 bits per heavy atom. The average molecular weight is 433 g/mol. The van der Waals surface area contributed by atoms with Crippen LogP contribution in [0.25, 0.3) is 0 Å². The van der Waals surface area contributed by atoms with Crippen LogP contribution in [-0.4, -0.2) is 64.8 Å². The lowest BCUT2D eigenvalue weighted by molar-refractivity contribution is -0.144. The van der Waals surface area contributed by atoms with E-state index in [1.165, 1.54) is 11.8 Å². The first-order chi connectivity index (χ1) is 14.3. The van der Waals surface area contributed by atoms with Crippen molar-refractivity contribution in [1.29, 1.82) is 0 Å². The third-order valence-electron chi connectivity index (χ3n) is 6.53. The molecule has 2 saturated heterocycles. The first kappa shape index (κ1) is 20.7. The molecule has 2 atom stereocenters. The molecule has 1 aromatic carbocycles. The van der Waals surface area contributed by atoms with Crippen molar-refractivity contribution >= 4 is 41.0 Å². The van der Waals surface area contributed by atoms with Crippen LogP contribution in [0.1, 0.15) is 39.0 Å². The van der Waals surface area contributed by atoms with Crippen LogP contribution in [0.3, 0.4) is 0 Å². The molecular formula is C21H25ClN4O4. The Hall–Kier alpha value is -2.61. The normalized spacial score (nSPS) is 24.0. The molecule has 2 unspecified atom stereocenters. The maximum absolute atomic E-state index is 13.1. The lowest BCUT2D eigenvalue weighted by Crippen LogP contribution is -2.53. The van der Waals surface area contributed by atoms with Gasteiger partial charge in [0.25, 0.3) is 5.91 Å². The van der Waals surface area contributed by atoms with Gasteiger partial charge < -0.3 is 15.1 Å². The second kappa shape index (κ2) is 7.58. The summed E-state index contributed by atoms with van der Waals surface area (Å²) in [5.41, 5.74) is -0.258. The summed E-state index contributed by atoms with van der Waals surface area (Å²) >= 11 is 6.22. The molecule has 2 aliphatic heterocycles. The molecule has 1 aromatic rings. The van der Waals surface area contributed by atoms with Gasteiger partial charge in [0.15, 0.2) is 0 Å². The number of anilines is 1. The number of hydrogen-bond donors (Lipinski definition) is 1. The molecule has 1 saturated carbocycles. The van der Waals surface area contributed by atoms with Crippen LogP contribution in [0.15, 0.2) is 24.3 Å². The number of carbonyl (C=O) groups excluding carboxylic acids is 4. The van der Waals surface area contributed by atoms with E-state index in [1.807, 2.05) is 0 Å². The van der Waals surface area contributed by atoms with Gasteiger partial charge in [0.05, 0.1) is 10.7 Å². The van der Waals surface area contributed by atoms with Crippen molar-refractivity contribution in [3.05, 3.63) is 29.3 Å². The first-order valence-electron chi connectivity index (χ1n) is 10.3. The summed E-state index contributed by atoms with van der Waals surface area (Å²) in [6.07, 6.45) is 3.38. The van der Waals surface area contributed by atoms with Gasteiger partial charge >= 0.3 is 6.03 Å². The van der Waals surface area contributed by atoms with E-state index in [1.54, 1.807) is 36.2 Å². The highest BCUT2D eigenvalue weighted by molar-refractivity contribution is 6.34. The third kappa shape index (κ3) is 3.14. The summed E-state index contributed by atoms with van der Waals surface area (Å²) in [4.78, 5) is 55.5. The Morgan fingerprint density at radius 2 is 1.90 bits per heavy atom. The van der Waals surface area contributed by atoms with Gasteiger partial charge in [0, 0.05) is 13.6 Å². The fourth-order valence-electron chi connectivity index (χ4n) is 4.80. The Morgan fingerprint density at radius 1 is 1.23 bits per heavy atom. The third-order valence-corrected chi connectivity index (χ3v) is 6.85. The van der Waals surface area contributed by atoms with Gasteiger partial charge in [-0.05, 0) is 38.3 Å². The quantitative estimate of drug-likeness (QED) is 0.738. The van der Waals surface area contributed by atoms with Gasteiger partial charge in [-0.2, -0.15) is 0 Å². The van der Waals surface area contributed by atoms with Crippen molar-refractivity contribution in [2.75, 3.05) is 18.5 Å². The molecule has 30 heavy (non-hydrogen) atoms. The molecule has 1 aliphatic carbocycles. The molecule has 3 fully saturated rings. The number of hydrogen-bond acceptors (Lipinski definition) is 4. The Bertz CT molecular complexity index is 914. The van der Waals surface area contributed by atoms with Gasteiger partial charge in [-0.15, -0.1) is 0 Å². The molecule has 0 aromatic heterocycles. The number of imide groups is 1. The standard InChI is InChI=1S/C21H25ClN4O4/c1-13(26-19(29)21(23-20(26)30)10-5-6-11-21)17(27)24(2)16-9-12-25(18(16)28)15-8-4-3-7-14(15)22/h3-4,7-8,13,16H,5-6,9-12H2,1-2H3,(H,23,30). The number of amides is 5. The molecule has 8 nitrogen and oxygen atoms in total. The molecule has 5 amide bonds. The highest BCUT2D eigenvalue weighted by Gasteiger charge is 2.55. The van der Waals surface area contributed by atoms with E-state index < -0.39 is 29.6 Å². The minimum atomic E-state index is -0.982. The van der Waals surface area contributed by atoms with Crippen molar-refractivity contribution in [1.82, 2.24) is 15.1 Å². The number of nitrogens with zero attached hydrogens (tertiary/aromatic N) is 3. The first-order valence-corrected chi connectivity index (χ1v) is 10.6. The Labute approximate surface area is 180 Å². The smallest absolute Gasteiger partial charge is 0.325 e. The Kier molecular flexibility index (Phi) is 5.22. The lowest BCUT2D eigenvalue weighted by Gasteiger charge is -2.30. The van der Waals surface area contributed by atoms with E-state index in [-0.39, 0.29) is 11.8 Å². The van der Waals surface area contributed by atoms with Crippen molar-refractivity contribution in [2.24, 2.45) is 0 Å². The summed E-state index contributed by atoms with van der Waals surface area (Å²) < 4.78 is 0. The lowest BCUT2D eigenvalue weighted by atomic mass is 9.97. The predicted octanol–water partition coefficient (Wildman–Crippen LogP) is 2.16. The highest BCUT2D eigenvalue weighted by Crippen LogP contribution is 2.36. The number of likely N-dealkylation sites (N-methyl/N-ethyl adjacent to an activating group) is 1. The van der Waals surface area contributed by atoms with E-state index in [9.17, 15) is 19.2 Å². The van der Waals surface area contributed by atoms with E-state index in [0.717, 1.165) is 17.7 Å². The largest absolute Gasteiger partial charge is 0.332 e. The zero-order chi connectivity index (χ0) is 21.6. The van der Waals surface area contributed by atoms with Gasteiger partial charge in [-0.1, -0.05) is 36.6 Å². The predicted molar refractivity (Wildman–Crippen MR) is 111 cm³/mol. The molecule has 1 N–H and O–H groups in total. The number of urea groups is 1. The van der Waals surface area contributed by atoms with Crippen LogP contribution in [-0.2, 0) is 14.4 Å². The minimum absolute atomic E-state index is 0.226. The summed E-state index contributed by atoms with van der Waals surface area (Å²) in [5, 5.41) is 3.26. The van der Waals surface area contributed by atoms with E-state index in [0.29, 0.717) is 36.5 Å². The summed E-state index contributed by atoms with van der Waals surface area (Å²) in [6, 6.07) is 4.88. The highest BCUT2D eigenvalue weighted by atomic mass is 35.5. The van der Waals surface area contributed by atoms with Crippen LogP contribution in [0.2, 0.25) is 5.02 Å². The number of halogens is 1. The SMILES string of the molecule is CC(C(=O)N(C)C1CCN(c2ccccc2Cl)C1=O)N1C(=O)NC2(CCCC2)C1=O. The van der Waals surface area contributed by atoms with E-state index >= 15 is 0 Å². The second-order valence-electron chi connectivity index (χ2n) is 8.27. The molecule has 0 bridgehead atoms. The number of nitrogens with one attached hydrogen (secondary N) is 1. The van der Waals surface area contributed by atoms with E-state index in [2.05, 4.69) is 5.32 Å². The molecule has 0 radical (unpaired) electrons. The van der Waals surface area contributed by atoms with Gasteiger partial charge in [0.1, 0.15) is 17.6 Å². The van der Waals surface area contributed by atoms with Crippen molar-refractivity contribution in [3.63, 3.8) is 0 Å². The van der Waals surface area contributed by atoms with E-state index in [4.69, 9.17) is 11.6 Å². The molecular weight excluding hydrogens is 408 g/mol. The number of carbonyl (C=O) groups is 4. The second-order valence-corrected chi connectivity index (χ2v) is 8.67. The number of rotatable bonds is 4. The summed E-state index contributed by atoms with van der Waals surface area (Å²) in [5.74, 6) is -1.00. The minimum Gasteiger partial charge on any atom is -0.332 e. The van der Waals surface area contributed by atoms with Crippen molar-refractivity contribution < 1.29 is 19.2 Å². The fourth-order valence-corrected chi connectivity index (χ4v) is 5.04. The van der Waals surface area contributed by atoms with Gasteiger partial charge in [-0.25, -0.2) is 9.69 Å². The summed E-state index contributed by atoms with van der Waals surface area (Å²) in [7, 11) is 1.54. The monoisotopic (exact) mass is 432 g/mol. The molecule has 2 heterocycles. The number of benzene rings is 1. The fraction of sp³-hybridized carbons (Fsp3) is 0.524. The van der Waals surface area contributed by atoms with Crippen molar-refractivity contribution in [3.8, 4) is 0 Å². The van der Waals surface area contributed by atoms with Gasteiger partial charge in [-0.3, -0.25) is 14.4 Å². The molecule has 9 heteroatoms. The Balaban J connectivity index is 1.48. The molecule has 160 valence electrons. The molecule has 3 aliphatic rings. The maximum Gasteiger partial charge on any atom is 0.325 e. The number of para-hydroxylation sites is 1. The topological polar surface area (TPSA) is 90.0 Å². The van der Waals surface area contributed by atoms with Gasteiger partial charge in [0.2, 0.25) is 11.8 Å². The average Bonchev–Trinajstić information content (AvgIpc) is 3.40. The maximum atomic E-state index is 13.1. The zero-order valence-electron chi connectivity index (χ0n) is 17.1.